The lowest BCUT2D eigenvalue weighted by molar-refractivity contribution is 0.112. The highest BCUT2D eigenvalue weighted by atomic mass is 35.5. The Balaban J connectivity index is 1.74. The summed E-state index contributed by atoms with van der Waals surface area (Å²) in [6.45, 7) is 0. The topological polar surface area (TPSA) is 73.6 Å². The number of aromatic nitrogens is 5. The number of aldehydes is 1. The predicted octanol–water partition coefficient (Wildman–Crippen LogP) is 5.01. The normalized spacial score (nSPS) is 11.0. The number of benzene rings is 2. The van der Waals surface area contributed by atoms with Crippen molar-refractivity contribution in [3.63, 3.8) is 0 Å². The van der Waals surface area contributed by atoms with Crippen molar-refractivity contribution in [3.05, 3.63) is 89.8 Å². The van der Waals surface area contributed by atoms with E-state index in [-0.39, 0.29) is 0 Å². The molecule has 0 N–H and O–H groups in total. The molecule has 5 aromatic rings. The Kier molecular flexibility index (Phi) is 4.53. The number of hydrogen-bond donors (Lipinski definition) is 0. The second-order valence-electron chi connectivity index (χ2n) is 6.64. The number of hydrogen-bond acceptors (Lipinski definition) is 5. The quantitative estimate of drug-likeness (QED) is 0.388. The zero-order valence-corrected chi connectivity index (χ0v) is 16.4. The molecule has 0 fully saturated rings. The van der Waals surface area contributed by atoms with Crippen LogP contribution in [0, 0.1) is 0 Å². The molecule has 0 unspecified atom stereocenters. The van der Waals surface area contributed by atoms with Gasteiger partial charge in [0.05, 0.1) is 16.8 Å². The summed E-state index contributed by atoms with van der Waals surface area (Å²) >= 11 is 6.23. The molecular formula is C23H14ClN5O. The van der Waals surface area contributed by atoms with Gasteiger partial charge in [-0.1, -0.05) is 41.9 Å². The first-order valence-corrected chi connectivity index (χ1v) is 9.59. The van der Waals surface area contributed by atoms with E-state index < -0.39 is 0 Å². The molecule has 0 bridgehead atoms. The Hall–Kier alpha value is -3.90. The monoisotopic (exact) mass is 411 g/mol. The van der Waals surface area contributed by atoms with Crippen molar-refractivity contribution in [1.29, 1.82) is 0 Å². The van der Waals surface area contributed by atoms with Gasteiger partial charge >= 0.3 is 0 Å². The number of nitrogens with zero attached hydrogens (tertiary/aromatic N) is 5. The highest BCUT2D eigenvalue weighted by Gasteiger charge is 2.16. The van der Waals surface area contributed by atoms with E-state index in [4.69, 9.17) is 16.6 Å². The Morgan fingerprint density at radius 3 is 2.50 bits per heavy atom. The van der Waals surface area contributed by atoms with E-state index in [1.165, 1.54) is 4.68 Å². The first-order chi connectivity index (χ1) is 14.7. The molecule has 7 heteroatoms. The number of carbonyl (C=O) groups is 1. The molecular weight excluding hydrogens is 398 g/mol. The molecule has 0 spiro atoms. The van der Waals surface area contributed by atoms with Crippen molar-refractivity contribution in [2.24, 2.45) is 0 Å². The highest BCUT2D eigenvalue weighted by Crippen LogP contribution is 2.29. The average molecular weight is 412 g/mol. The van der Waals surface area contributed by atoms with Crippen LogP contribution in [0.5, 0.6) is 0 Å². The fourth-order valence-corrected chi connectivity index (χ4v) is 3.48. The van der Waals surface area contributed by atoms with E-state index in [1.807, 2.05) is 48.5 Å². The smallest absolute Gasteiger partial charge is 0.251 e. The SMILES string of the molecule is O=Cc1cn(-c2nc(-c3ccccc3)c3cc(Cl)ccc3n2)nc1-c1cccnc1. The molecule has 2 aromatic carbocycles. The van der Waals surface area contributed by atoms with E-state index in [2.05, 4.69) is 15.1 Å². The predicted molar refractivity (Wildman–Crippen MR) is 116 cm³/mol. The lowest BCUT2D eigenvalue weighted by Gasteiger charge is -2.09. The molecule has 144 valence electrons. The van der Waals surface area contributed by atoms with Gasteiger partial charge in [-0.05, 0) is 30.3 Å². The standard InChI is InChI=1S/C23H14ClN5O/c24-18-8-9-20-19(11-18)22(15-5-2-1-3-6-15)27-23(26-20)29-13-17(14-30)21(28-29)16-7-4-10-25-12-16/h1-14H. The number of rotatable bonds is 4. The molecule has 0 atom stereocenters. The van der Waals surface area contributed by atoms with Crippen molar-refractivity contribution in [2.75, 3.05) is 0 Å². The van der Waals surface area contributed by atoms with Crippen molar-refractivity contribution < 1.29 is 4.79 Å². The fourth-order valence-electron chi connectivity index (χ4n) is 3.31. The van der Waals surface area contributed by atoms with Crippen LogP contribution in [-0.2, 0) is 0 Å². The van der Waals surface area contributed by atoms with Gasteiger partial charge in [0.25, 0.3) is 5.95 Å². The average Bonchev–Trinajstić information content (AvgIpc) is 3.24. The second-order valence-corrected chi connectivity index (χ2v) is 7.07. The van der Waals surface area contributed by atoms with Crippen LogP contribution >= 0.6 is 11.6 Å². The zero-order valence-electron chi connectivity index (χ0n) is 15.6. The third-order valence-corrected chi connectivity index (χ3v) is 4.94. The summed E-state index contributed by atoms with van der Waals surface area (Å²) in [7, 11) is 0. The third kappa shape index (κ3) is 3.23. The molecule has 0 saturated heterocycles. The number of halogens is 1. The van der Waals surface area contributed by atoms with Crippen LogP contribution in [0.1, 0.15) is 10.4 Å². The molecule has 5 rings (SSSR count). The molecule has 30 heavy (non-hydrogen) atoms. The minimum Gasteiger partial charge on any atom is -0.298 e. The van der Waals surface area contributed by atoms with E-state index >= 15 is 0 Å². The summed E-state index contributed by atoms with van der Waals surface area (Å²) in [6, 6.07) is 18.9. The minimum atomic E-state index is 0.363. The number of pyridine rings is 1. The van der Waals surface area contributed by atoms with Crippen LogP contribution in [-0.4, -0.2) is 31.0 Å². The molecule has 0 aliphatic heterocycles. The number of carbonyl (C=O) groups excluding carboxylic acids is 1. The summed E-state index contributed by atoms with van der Waals surface area (Å²) < 4.78 is 1.52. The first-order valence-electron chi connectivity index (χ1n) is 9.21. The van der Waals surface area contributed by atoms with E-state index in [0.29, 0.717) is 22.2 Å². The van der Waals surface area contributed by atoms with E-state index in [1.54, 1.807) is 30.7 Å². The van der Waals surface area contributed by atoms with E-state index in [9.17, 15) is 4.79 Å². The summed E-state index contributed by atoms with van der Waals surface area (Å²) in [5, 5.41) is 6.02. The molecule has 3 heterocycles. The molecule has 3 aromatic heterocycles. The molecule has 6 nitrogen and oxygen atoms in total. The van der Waals surface area contributed by atoms with Crippen molar-refractivity contribution in [2.45, 2.75) is 0 Å². The Morgan fingerprint density at radius 1 is 0.900 bits per heavy atom. The Bertz CT molecular complexity index is 1370. The molecule has 0 aliphatic carbocycles. The minimum absolute atomic E-state index is 0.363. The molecule has 0 aliphatic rings. The fraction of sp³-hybridized carbons (Fsp3) is 0. The maximum Gasteiger partial charge on any atom is 0.251 e. The summed E-state index contributed by atoms with van der Waals surface area (Å²) in [4.78, 5) is 25.2. The summed E-state index contributed by atoms with van der Waals surface area (Å²) in [6.07, 6.45) is 5.73. The first kappa shape index (κ1) is 18.1. The van der Waals surface area contributed by atoms with Gasteiger partial charge in [-0.3, -0.25) is 9.78 Å². The summed E-state index contributed by atoms with van der Waals surface area (Å²) in [5.41, 5.74) is 4.11. The van der Waals surface area contributed by atoms with Crippen LogP contribution in [0.2, 0.25) is 5.02 Å². The van der Waals surface area contributed by atoms with Gasteiger partial charge in [-0.25, -0.2) is 14.6 Å². The van der Waals surface area contributed by atoms with E-state index in [0.717, 1.165) is 34.0 Å². The largest absolute Gasteiger partial charge is 0.298 e. The van der Waals surface area contributed by atoms with Gasteiger partial charge in [0, 0.05) is 40.1 Å². The maximum atomic E-state index is 11.7. The molecule has 0 radical (unpaired) electrons. The van der Waals surface area contributed by atoms with Crippen molar-refractivity contribution in [3.8, 4) is 28.5 Å². The number of fused-ring (bicyclic) bond motifs is 1. The maximum absolute atomic E-state index is 11.7. The zero-order chi connectivity index (χ0) is 20.5. The van der Waals surface area contributed by atoms with Gasteiger partial charge in [0.1, 0.15) is 5.69 Å². The lowest BCUT2D eigenvalue weighted by Crippen LogP contribution is -2.04. The van der Waals surface area contributed by atoms with Gasteiger partial charge in [0.2, 0.25) is 0 Å². The van der Waals surface area contributed by atoms with Crippen LogP contribution < -0.4 is 0 Å². The Labute approximate surface area is 176 Å². The van der Waals surface area contributed by atoms with Crippen LogP contribution in [0.3, 0.4) is 0 Å². The van der Waals surface area contributed by atoms with Crippen LogP contribution in [0.15, 0.2) is 79.3 Å². The second kappa shape index (κ2) is 7.50. The molecule has 0 amide bonds. The summed E-state index contributed by atoms with van der Waals surface area (Å²) in [5.74, 6) is 0.363. The van der Waals surface area contributed by atoms with Gasteiger partial charge in [-0.15, -0.1) is 0 Å². The van der Waals surface area contributed by atoms with Crippen molar-refractivity contribution >= 4 is 28.8 Å². The van der Waals surface area contributed by atoms with Crippen molar-refractivity contribution in [1.82, 2.24) is 24.7 Å². The van der Waals surface area contributed by atoms with Gasteiger partial charge in [0.15, 0.2) is 6.29 Å². The van der Waals surface area contributed by atoms with Gasteiger partial charge in [-0.2, -0.15) is 5.10 Å². The Morgan fingerprint density at radius 2 is 1.73 bits per heavy atom. The molecule has 0 saturated carbocycles. The van der Waals surface area contributed by atoms with Gasteiger partial charge < -0.3 is 0 Å². The third-order valence-electron chi connectivity index (χ3n) is 4.70. The van der Waals surface area contributed by atoms with Crippen LogP contribution in [0.25, 0.3) is 39.4 Å². The highest BCUT2D eigenvalue weighted by molar-refractivity contribution is 6.31. The lowest BCUT2D eigenvalue weighted by atomic mass is 10.1. The van der Waals surface area contributed by atoms with Crippen LogP contribution in [0.4, 0.5) is 0 Å².